The molecule has 8 heteroatoms. The van der Waals surface area contributed by atoms with Gasteiger partial charge < -0.3 is 15.0 Å². The van der Waals surface area contributed by atoms with Crippen molar-refractivity contribution in [1.29, 1.82) is 5.41 Å². The number of nitrogens with zero attached hydrogens (tertiary/aromatic N) is 3. The zero-order chi connectivity index (χ0) is 19.4. The number of guanidine groups is 1. The number of hydrogen-bond donors (Lipinski definition) is 2. The molecule has 0 bridgehead atoms. The van der Waals surface area contributed by atoms with E-state index in [1.54, 1.807) is 54.7 Å². The van der Waals surface area contributed by atoms with Crippen molar-refractivity contribution < 1.29 is 4.74 Å². The standard InChI is InChI=1S/C19H17Cl2N5O/c1-12-8-17(25-18(9-12)27-14-4-3-7-23-11-14)26(2)19(22)24-13-5-6-15(20)16(21)10-13/h3-11H,1-2H3,(H2,22,24). The molecule has 0 aliphatic heterocycles. The highest BCUT2D eigenvalue weighted by molar-refractivity contribution is 6.42. The topological polar surface area (TPSA) is 74.1 Å². The molecule has 3 aromatic rings. The molecule has 2 N–H and O–H groups in total. The van der Waals surface area contributed by atoms with Crippen LogP contribution in [0.25, 0.3) is 0 Å². The average molecular weight is 402 g/mol. The van der Waals surface area contributed by atoms with E-state index in [1.165, 1.54) is 0 Å². The lowest BCUT2D eigenvalue weighted by Gasteiger charge is -2.21. The number of anilines is 2. The molecule has 0 saturated carbocycles. The number of aromatic nitrogens is 2. The van der Waals surface area contributed by atoms with Crippen LogP contribution in [-0.2, 0) is 0 Å². The Morgan fingerprint density at radius 2 is 1.96 bits per heavy atom. The van der Waals surface area contributed by atoms with Gasteiger partial charge in [0.15, 0.2) is 0 Å². The van der Waals surface area contributed by atoms with Gasteiger partial charge in [0.25, 0.3) is 0 Å². The molecule has 3 rings (SSSR count). The molecule has 27 heavy (non-hydrogen) atoms. The van der Waals surface area contributed by atoms with Crippen LogP contribution in [-0.4, -0.2) is 23.0 Å². The summed E-state index contributed by atoms with van der Waals surface area (Å²) in [7, 11) is 1.74. The first-order chi connectivity index (χ1) is 12.9. The van der Waals surface area contributed by atoms with E-state index in [2.05, 4.69) is 15.3 Å². The zero-order valence-corrected chi connectivity index (χ0v) is 16.2. The first-order valence-electron chi connectivity index (χ1n) is 8.03. The number of ether oxygens (including phenoxy) is 1. The van der Waals surface area contributed by atoms with Crippen LogP contribution in [0.3, 0.4) is 0 Å². The van der Waals surface area contributed by atoms with E-state index in [1.807, 2.05) is 19.1 Å². The lowest BCUT2D eigenvalue weighted by molar-refractivity contribution is 0.461. The van der Waals surface area contributed by atoms with Crippen LogP contribution in [0.1, 0.15) is 5.56 Å². The maximum Gasteiger partial charge on any atom is 0.221 e. The molecule has 0 spiro atoms. The fourth-order valence-corrected chi connectivity index (χ4v) is 2.58. The van der Waals surface area contributed by atoms with E-state index in [9.17, 15) is 0 Å². The molecule has 0 atom stereocenters. The highest BCUT2D eigenvalue weighted by atomic mass is 35.5. The van der Waals surface area contributed by atoms with Crippen molar-refractivity contribution >= 4 is 40.7 Å². The fourth-order valence-electron chi connectivity index (χ4n) is 2.28. The third-order valence-corrected chi connectivity index (χ3v) is 4.39. The SMILES string of the molecule is Cc1cc(Oc2cccnc2)nc(N(C)C(=N)Nc2ccc(Cl)c(Cl)c2)c1. The minimum Gasteiger partial charge on any atom is -0.437 e. The summed E-state index contributed by atoms with van der Waals surface area (Å²) in [6, 6.07) is 12.3. The summed E-state index contributed by atoms with van der Waals surface area (Å²) in [6.45, 7) is 1.94. The van der Waals surface area contributed by atoms with Gasteiger partial charge in [-0.05, 0) is 48.9 Å². The van der Waals surface area contributed by atoms with Gasteiger partial charge in [-0.1, -0.05) is 23.2 Å². The predicted octanol–water partition coefficient (Wildman–Crippen LogP) is 5.37. The molecule has 0 fully saturated rings. The second kappa shape index (κ2) is 8.24. The molecular weight excluding hydrogens is 385 g/mol. The molecule has 2 aromatic heterocycles. The Balaban J connectivity index is 1.78. The van der Waals surface area contributed by atoms with E-state index in [0.717, 1.165) is 5.56 Å². The largest absolute Gasteiger partial charge is 0.437 e. The van der Waals surface area contributed by atoms with E-state index < -0.39 is 0 Å². The average Bonchev–Trinajstić information content (AvgIpc) is 2.64. The number of hydrogen-bond acceptors (Lipinski definition) is 4. The van der Waals surface area contributed by atoms with Gasteiger partial charge in [0.05, 0.1) is 16.2 Å². The summed E-state index contributed by atoms with van der Waals surface area (Å²) >= 11 is 11.9. The number of aryl methyl sites for hydroxylation is 1. The van der Waals surface area contributed by atoms with E-state index in [4.69, 9.17) is 33.3 Å². The second-order valence-corrected chi connectivity index (χ2v) is 6.61. The van der Waals surface area contributed by atoms with Crippen molar-refractivity contribution in [3.63, 3.8) is 0 Å². The Kier molecular flexibility index (Phi) is 5.78. The number of nitrogens with one attached hydrogen (secondary N) is 2. The molecule has 2 heterocycles. The van der Waals surface area contributed by atoms with Crippen molar-refractivity contribution in [3.8, 4) is 11.6 Å². The van der Waals surface area contributed by atoms with Crippen molar-refractivity contribution in [3.05, 3.63) is 70.5 Å². The monoisotopic (exact) mass is 401 g/mol. The van der Waals surface area contributed by atoms with Gasteiger partial charge in [0.1, 0.15) is 11.6 Å². The van der Waals surface area contributed by atoms with Gasteiger partial charge in [-0.15, -0.1) is 0 Å². The quantitative estimate of drug-likeness (QED) is 0.454. The Hall–Kier alpha value is -2.83. The van der Waals surface area contributed by atoms with Gasteiger partial charge in [-0.25, -0.2) is 0 Å². The third-order valence-electron chi connectivity index (χ3n) is 3.65. The molecule has 1 aromatic carbocycles. The van der Waals surface area contributed by atoms with Crippen LogP contribution in [0.2, 0.25) is 10.0 Å². The summed E-state index contributed by atoms with van der Waals surface area (Å²) < 4.78 is 5.75. The highest BCUT2D eigenvalue weighted by Gasteiger charge is 2.12. The summed E-state index contributed by atoms with van der Waals surface area (Å²) in [4.78, 5) is 10.1. The maximum atomic E-state index is 8.30. The Labute approximate surface area is 167 Å². The summed E-state index contributed by atoms with van der Waals surface area (Å²) in [5, 5.41) is 12.1. The lowest BCUT2D eigenvalue weighted by atomic mass is 10.3. The van der Waals surface area contributed by atoms with Gasteiger partial charge in [0.2, 0.25) is 11.8 Å². The minimum atomic E-state index is 0.124. The smallest absolute Gasteiger partial charge is 0.221 e. The van der Waals surface area contributed by atoms with Crippen molar-refractivity contribution in [2.24, 2.45) is 0 Å². The Morgan fingerprint density at radius 1 is 1.15 bits per heavy atom. The molecule has 0 radical (unpaired) electrons. The fraction of sp³-hybridized carbons (Fsp3) is 0.105. The highest BCUT2D eigenvalue weighted by Crippen LogP contribution is 2.26. The molecule has 0 unspecified atom stereocenters. The van der Waals surface area contributed by atoms with Crippen LogP contribution in [0.5, 0.6) is 11.6 Å². The number of rotatable bonds is 4. The second-order valence-electron chi connectivity index (χ2n) is 5.79. The van der Waals surface area contributed by atoms with Gasteiger partial charge in [0, 0.05) is 25.0 Å². The van der Waals surface area contributed by atoms with E-state index in [0.29, 0.717) is 33.2 Å². The van der Waals surface area contributed by atoms with Crippen LogP contribution in [0, 0.1) is 12.3 Å². The molecule has 0 amide bonds. The summed E-state index contributed by atoms with van der Waals surface area (Å²) in [6.07, 6.45) is 3.28. The number of halogens is 2. The van der Waals surface area contributed by atoms with Crippen molar-refractivity contribution in [2.45, 2.75) is 6.92 Å². The molecule has 0 aliphatic rings. The summed E-state index contributed by atoms with van der Waals surface area (Å²) in [5.74, 6) is 1.70. The predicted molar refractivity (Wildman–Crippen MR) is 109 cm³/mol. The van der Waals surface area contributed by atoms with E-state index >= 15 is 0 Å². The van der Waals surface area contributed by atoms with Gasteiger partial charge >= 0.3 is 0 Å². The first-order valence-corrected chi connectivity index (χ1v) is 8.79. The van der Waals surface area contributed by atoms with Crippen LogP contribution >= 0.6 is 23.2 Å². The Bertz CT molecular complexity index is 966. The molecule has 6 nitrogen and oxygen atoms in total. The van der Waals surface area contributed by atoms with Crippen LogP contribution in [0.15, 0.2) is 54.9 Å². The molecule has 0 aliphatic carbocycles. The lowest BCUT2D eigenvalue weighted by Crippen LogP contribution is -2.32. The minimum absolute atomic E-state index is 0.124. The molecule has 138 valence electrons. The first kappa shape index (κ1) is 18.9. The van der Waals surface area contributed by atoms with Crippen molar-refractivity contribution in [1.82, 2.24) is 9.97 Å². The van der Waals surface area contributed by atoms with Crippen LogP contribution < -0.4 is 15.0 Å². The van der Waals surface area contributed by atoms with Crippen molar-refractivity contribution in [2.75, 3.05) is 17.3 Å². The van der Waals surface area contributed by atoms with Gasteiger partial charge in [-0.2, -0.15) is 4.98 Å². The molecule has 0 saturated heterocycles. The van der Waals surface area contributed by atoms with E-state index in [-0.39, 0.29) is 5.96 Å². The van der Waals surface area contributed by atoms with Gasteiger partial charge in [-0.3, -0.25) is 10.4 Å². The maximum absolute atomic E-state index is 8.30. The summed E-state index contributed by atoms with van der Waals surface area (Å²) in [5.41, 5.74) is 1.61. The number of pyridine rings is 2. The Morgan fingerprint density at radius 3 is 2.67 bits per heavy atom. The third kappa shape index (κ3) is 4.87. The molecular formula is C19H17Cl2N5O. The normalized spacial score (nSPS) is 10.4. The zero-order valence-electron chi connectivity index (χ0n) is 14.7. The number of benzene rings is 1. The van der Waals surface area contributed by atoms with Crippen LogP contribution in [0.4, 0.5) is 11.5 Å².